The predicted molar refractivity (Wildman–Crippen MR) is 110 cm³/mol. The van der Waals surface area contributed by atoms with Crippen molar-refractivity contribution in [2.24, 2.45) is 5.92 Å². The van der Waals surface area contributed by atoms with Crippen LogP contribution in [0.25, 0.3) is 6.08 Å². The minimum Gasteiger partial charge on any atom is -0.493 e. The van der Waals surface area contributed by atoms with Gasteiger partial charge in [-0.2, -0.15) is 0 Å². The van der Waals surface area contributed by atoms with Gasteiger partial charge in [0.2, 0.25) is 0 Å². The molecule has 0 bridgehead atoms. The molecule has 0 unspecified atom stereocenters. The fraction of sp³-hybridized carbons (Fsp3) is 0.333. The van der Waals surface area contributed by atoms with E-state index >= 15 is 0 Å². The van der Waals surface area contributed by atoms with Crippen molar-refractivity contribution < 1.29 is 19.1 Å². The summed E-state index contributed by atoms with van der Waals surface area (Å²) in [6, 6.07) is 12.8. The summed E-state index contributed by atoms with van der Waals surface area (Å²) in [4.78, 5) is 24.7. The van der Waals surface area contributed by atoms with Gasteiger partial charge >= 0.3 is 5.97 Å². The maximum absolute atomic E-state index is 12.4. The highest BCUT2D eigenvalue weighted by molar-refractivity contribution is 6.06. The Hall–Kier alpha value is -2.88. The molecule has 1 saturated carbocycles. The lowest BCUT2D eigenvalue weighted by Crippen LogP contribution is -2.22. The molecule has 4 heteroatoms. The SMILES string of the molecule is COc1cc(C=CC(=O)c2ccc(C)cc2)ccc1OC(=O)C1CCCCC1. The molecule has 0 amide bonds. The molecule has 3 rings (SSSR count). The number of hydrogen-bond donors (Lipinski definition) is 0. The quantitative estimate of drug-likeness (QED) is 0.293. The molecule has 0 radical (unpaired) electrons. The van der Waals surface area contributed by atoms with Crippen molar-refractivity contribution in [3.63, 3.8) is 0 Å². The lowest BCUT2D eigenvalue weighted by atomic mass is 9.89. The van der Waals surface area contributed by atoms with Crippen LogP contribution in [0.15, 0.2) is 48.5 Å². The summed E-state index contributed by atoms with van der Waals surface area (Å²) in [6.45, 7) is 1.99. The monoisotopic (exact) mass is 378 g/mol. The van der Waals surface area contributed by atoms with Gasteiger partial charge in [-0.15, -0.1) is 0 Å². The van der Waals surface area contributed by atoms with Gasteiger partial charge in [0.05, 0.1) is 13.0 Å². The van der Waals surface area contributed by atoms with Crippen LogP contribution >= 0.6 is 0 Å². The minimum atomic E-state index is -0.184. The Kier molecular flexibility index (Phi) is 6.64. The van der Waals surface area contributed by atoms with Crippen LogP contribution in [0.1, 0.15) is 53.6 Å². The highest BCUT2D eigenvalue weighted by Gasteiger charge is 2.24. The molecule has 2 aromatic rings. The lowest BCUT2D eigenvalue weighted by Gasteiger charge is -2.20. The zero-order chi connectivity index (χ0) is 19.9. The first-order valence-corrected chi connectivity index (χ1v) is 9.75. The van der Waals surface area contributed by atoms with E-state index in [0.717, 1.165) is 36.8 Å². The minimum absolute atomic E-state index is 0.0230. The summed E-state index contributed by atoms with van der Waals surface area (Å²) in [5.74, 6) is 0.627. The van der Waals surface area contributed by atoms with Crippen LogP contribution in [0.3, 0.4) is 0 Å². The average molecular weight is 378 g/mol. The maximum atomic E-state index is 12.4. The van der Waals surface area contributed by atoms with E-state index in [0.29, 0.717) is 17.1 Å². The van der Waals surface area contributed by atoms with Gasteiger partial charge < -0.3 is 9.47 Å². The van der Waals surface area contributed by atoms with Crippen molar-refractivity contribution in [2.75, 3.05) is 7.11 Å². The van der Waals surface area contributed by atoms with Gasteiger partial charge in [-0.25, -0.2) is 0 Å². The van der Waals surface area contributed by atoms with Gasteiger partial charge in [0.25, 0.3) is 0 Å². The van der Waals surface area contributed by atoms with Crippen molar-refractivity contribution in [3.8, 4) is 11.5 Å². The highest BCUT2D eigenvalue weighted by atomic mass is 16.6. The highest BCUT2D eigenvalue weighted by Crippen LogP contribution is 2.31. The summed E-state index contributed by atoms with van der Waals surface area (Å²) in [7, 11) is 1.54. The van der Waals surface area contributed by atoms with E-state index in [2.05, 4.69) is 0 Å². The summed E-state index contributed by atoms with van der Waals surface area (Å²) in [5, 5.41) is 0. The van der Waals surface area contributed by atoms with Crippen molar-refractivity contribution in [1.29, 1.82) is 0 Å². The van der Waals surface area contributed by atoms with Crippen LogP contribution in [0.4, 0.5) is 0 Å². The zero-order valence-electron chi connectivity index (χ0n) is 16.4. The first kappa shape index (κ1) is 19.9. The zero-order valence-corrected chi connectivity index (χ0v) is 16.4. The Morgan fingerprint density at radius 2 is 1.68 bits per heavy atom. The smallest absolute Gasteiger partial charge is 0.314 e. The second-order valence-corrected chi connectivity index (χ2v) is 7.23. The van der Waals surface area contributed by atoms with Crippen LogP contribution < -0.4 is 9.47 Å². The van der Waals surface area contributed by atoms with E-state index in [1.54, 1.807) is 18.2 Å². The Morgan fingerprint density at radius 1 is 0.964 bits per heavy atom. The summed E-state index contributed by atoms with van der Waals surface area (Å²) in [6.07, 6.45) is 8.40. The van der Waals surface area contributed by atoms with Crippen LogP contribution in [0.2, 0.25) is 0 Å². The molecule has 1 aliphatic rings. The molecule has 146 valence electrons. The van der Waals surface area contributed by atoms with Gasteiger partial charge in [0.1, 0.15) is 0 Å². The fourth-order valence-corrected chi connectivity index (χ4v) is 3.39. The number of aryl methyl sites for hydroxylation is 1. The van der Waals surface area contributed by atoms with Crippen molar-refractivity contribution in [1.82, 2.24) is 0 Å². The van der Waals surface area contributed by atoms with Crippen LogP contribution in [-0.4, -0.2) is 18.9 Å². The van der Waals surface area contributed by atoms with Gasteiger partial charge in [0, 0.05) is 5.56 Å². The lowest BCUT2D eigenvalue weighted by molar-refractivity contribution is -0.140. The maximum Gasteiger partial charge on any atom is 0.314 e. The molecule has 1 aliphatic carbocycles. The summed E-state index contributed by atoms with van der Waals surface area (Å²) < 4.78 is 11.0. The molecule has 0 atom stereocenters. The summed E-state index contributed by atoms with van der Waals surface area (Å²) >= 11 is 0. The molecule has 0 spiro atoms. The Bertz CT molecular complexity index is 859. The predicted octanol–water partition coefficient (Wildman–Crippen LogP) is 5.39. The molecular weight excluding hydrogens is 352 g/mol. The largest absolute Gasteiger partial charge is 0.493 e. The van der Waals surface area contributed by atoms with Crippen molar-refractivity contribution in [3.05, 3.63) is 65.2 Å². The third-order valence-electron chi connectivity index (χ3n) is 5.10. The second kappa shape index (κ2) is 9.36. The van der Waals surface area contributed by atoms with Crippen molar-refractivity contribution >= 4 is 17.8 Å². The van der Waals surface area contributed by atoms with Gasteiger partial charge in [0.15, 0.2) is 17.3 Å². The number of carbonyl (C=O) groups excluding carboxylic acids is 2. The van der Waals surface area contributed by atoms with Gasteiger partial charge in [-0.3, -0.25) is 9.59 Å². The standard InChI is InChI=1S/C24H26O4/c1-17-8-12-19(13-9-17)21(25)14-10-18-11-15-22(23(16-18)27-2)28-24(26)20-6-4-3-5-7-20/h8-16,20H,3-7H2,1-2H3. The first-order valence-electron chi connectivity index (χ1n) is 9.75. The van der Waals surface area contributed by atoms with Crippen LogP contribution in [0, 0.1) is 12.8 Å². The van der Waals surface area contributed by atoms with E-state index in [9.17, 15) is 9.59 Å². The van der Waals surface area contributed by atoms with Gasteiger partial charge in [-0.1, -0.05) is 61.2 Å². The normalized spacial score (nSPS) is 14.8. The summed E-state index contributed by atoms with van der Waals surface area (Å²) in [5.41, 5.74) is 2.56. The van der Waals surface area contributed by atoms with Crippen molar-refractivity contribution in [2.45, 2.75) is 39.0 Å². The number of allylic oxidation sites excluding steroid dienone is 1. The van der Waals surface area contributed by atoms with Crippen LogP contribution in [0.5, 0.6) is 11.5 Å². The molecule has 0 N–H and O–H groups in total. The Balaban J connectivity index is 1.69. The Labute approximate surface area is 166 Å². The number of methoxy groups -OCH3 is 1. The van der Waals surface area contributed by atoms with Crippen LogP contribution in [-0.2, 0) is 4.79 Å². The molecular formula is C24H26O4. The van der Waals surface area contributed by atoms with E-state index in [1.165, 1.54) is 19.6 Å². The van der Waals surface area contributed by atoms with E-state index in [1.807, 2.05) is 37.3 Å². The number of rotatable bonds is 6. The molecule has 4 nitrogen and oxygen atoms in total. The molecule has 0 saturated heterocycles. The molecule has 0 heterocycles. The molecule has 28 heavy (non-hydrogen) atoms. The average Bonchev–Trinajstić information content (AvgIpc) is 2.73. The number of esters is 1. The number of benzene rings is 2. The van der Waals surface area contributed by atoms with Gasteiger partial charge in [-0.05, 0) is 43.5 Å². The number of ether oxygens (including phenoxy) is 2. The fourth-order valence-electron chi connectivity index (χ4n) is 3.39. The number of carbonyl (C=O) groups is 2. The third kappa shape index (κ3) is 5.10. The Morgan fingerprint density at radius 3 is 2.36 bits per heavy atom. The first-order chi connectivity index (χ1) is 13.6. The number of hydrogen-bond acceptors (Lipinski definition) is 4. The number of ketones is 1. The van der Waals surface area contributed by atoms with E-state index < -0.39 is 0 Å². The molecule has 1 fully saturated rings. The third-order valence-corrected chi connectivity index (χ3v) is 5.10. The van der Waals surface area contributed by atoms with E-state index in [-0.39, 0.29) is 17.7 Å². The molecule has 2 aromatic carbocycles. The topological polar surface area (TPSA) is 52.6 Å². The molecule has 0 aromatic heterocycles. The van der Waals surface area contributed by atoms with E-state index in [4.69, 9.17) is 9.47 Å². The second-order valence-electron chi connectivity index (χ2n) is 7.23. The molecule has 0 aliphatic heterocycles.